The van der Waals surface area contributed by atoms with E-state index in [-0.39, 0.29) is 18.0 Å². The number of β-amino-alcohol motifs (C(OH)–C–C–N with tert-alkyl or cyclic N) is 1. The van der Waals surface area contributed by atoms with E-state index in [4.69, 9.17) is 5.11 Å². The van der Waals surface area contributed by atoms with Crippen molar-refractivity contribution in [3.8, 4) is 0 Å². The van der Waals surface area contributed by atoms with E-state index in [9.17, 15) is 8.42 Å². The summed E-state index contributed by atoms with van der Waals surface area (Å²) in [6.07, 6.45) is -0.535. The van der Waals surface area contributed by atoms with Gasteiger partial charge < -0.3 is 5.11 Å². The van der Waals surface area contributed by atoms with Crippen LogP contribution in [0.1, 0.15) is 11.4 Å². The first-order valence-corrected chi connectivity index (χ1v) is 6.46. The van der Waals surface area contributed by atoms with Crippen LogP contribution >= 0.6 is 0 Å². The average molecular weight is 245 g/mol. The van der Waals surface area contributed by atoms with Gasteiger partial charge in [-0.05, 0) is 13.8 Å². The molecule has 2 rings (SSSR count). The molecular weight excluding hydrogens is 230 g/mol. The zero-order valence-electron chi connectivity index (χ0n) is 9.51. The van der Waals surface area contributed by atoms with Crippen LogP contribution in [-0.4, -0.2) is 46.8 Å². The van der Waals surface area contributed by atoms with Crippen LogP contribution in [0, 0.1) is 13.8 Å². The summed E-state index contributed by atoms with van der Waals surface area (Å²) < 4.78 is 27.2. The standard InChI is InChI=1S/C9H15N3O3S/c1-6-9(7(2)11(3)10-6)16(14,15)12-4-8(13)5-12/h8,13H,4-5H2,1-3H3. The van der Waals surface area contributed by atoms with Crippen LogP contribution < -0.4 is 0 Å². The third-order valence-corrected chi connectivity index (χ3v) is 4.95. The van der Waals surface area contributed by atoms with E-state index < -0.39 is 16.1 Å². The Hall–Kier alpha value is -0.920. The molecule has 0 bridgehead atoms. The van der Waals surface area contributed by atoms with Crippen molar-refractivity contribution in [1.29, 1.82) is 0 Å². The second-order valence-corrected chi connectivity index (χ2v) is 5.97. The first-order valence-electron chi connectivity index (χ1n) is 5.02. The van der Waals surface area contributed by atoms with E-state index in [1.807, 2.05) is 0 Å². The van der Waals surface area contributed by atoms with E-state index in [2.05, 4.69) is 5.10 Å². The monoisotopic (exact) mass is 245 g/mol. The van der Waals surface area contributed by atoms with Crippen molar-refractivity contribution < 1.29 is 13.5 Å². The summed E-state index contributed by atoms with van der Waals surface area (Å²) in [6, 6.07) is 0. The molecule has 90 valence electrons. The Bertz CT molecular complexity index is 514. The highest BCUT2D eigenvalue weighted by Gasteiger charge is 2.38. The number of rotatable bonds is 2. The van der Waals surface area contributed by atoms with Gasteiger partial charge in [-0.25, -0.2) is 8.42 Å². The Balaban J connectivity index is 2.44. The summed E-state index contributed by atoms with van der Waals surface area (Å²) in [5.74, 6) is 0. The minimum Gasteiger partial charge on any atom is -0.390 e. The molecule has 1 N–H and O–H groups in total. The maximum atomic E-state index is 12.2. The molecule has 1 saturated heterocycles. The van der Waals surface area contributed by atoms with Gasteiger partial charge in [0.15, 0.2) is 0 Å². The molecule has 0 atom stereocenters. The topological polar surface area (TPSA) is 75.4 Å². The van der Waals surface area contributed by atoms with Crippen molar-refractivity contribution in [2.24, 2.45) is 7.05 Å². The lowest BCUT2D eigenvalue weighted by Gasteiger charge is -2.34. The molecule has 2 heterocycles. The summed E-state index contributed by atoms with van der Waals surface area (Å²) >= 11 is 0. The lowest BCUT2D eigenvalue weighted by Crippen LogP contribution is -2.53. The number of nitrogens with zero attached hydrogens (tertiary/aromatic N) is 3. The fraction of sp³-hybridized carbons (Fsp3) is 0.667. The highest BCUT2D eigenvalue weighted by molar-refractivity contribution is 7.89. The highest BCUT2D eigenvalue weighted by Crippen LogP contribution is 2.26. The van der Waals surface area contributed by atoms with Crippen LogP contribution in [0.2, 0.25) is 0 Å². The zero-order valence-corrected chi connectivity index (χ0v) is 10.3. The van der Waals surface area contributed by atoms with E-state index in [1.54, 1.807) is 25.6 Å². The van der Waals surface area contributed by atoms with Gasteiger partial charge >= 0.3 is 0 Å². The van der Waals surface area contributed by atoms with Gasteiger partial charge in [-0.2, -0.15) is 9.40 Å². The SMILES string of the molecule is Cc1nn(C)c(C)c1S(=O)(=O)N1CC(O)C1. The Labute approximate surface area is 94.5 Å². The molecule has 0 radical (unpaired) electrons. The molecule has 1 aliphatic rings. The quantitative estimate of drug-likeness (QED) is 0.755. The number of sulfonamides is 1. The number of hydrogen-bond acceptors (Lipinski definition) is 4. The van der Waals surface area contributed by atoms with Crippen molar-refractivity contribution in [3.63, 3.8) is 0 Å². The summed E-state index contributed by atoms with van der Waals surface area (Å²) in [4.78, 5) is 0.266. The number of aliphatic hydroxyl groups is 1. The molecule has 0 aliphatic carbocycles. The molecule has 1 fully saturated rings. The van der Waals surface area contributed by atoms with Crippen LogP contribution in [0.15, 0.2) is 4.90 Å². The summed E-state index contributed by atoms with van der Waals surface area (Å²) in [7, 11) is -1.77. The fourth-order valence-corrected chi connectivity index (χ4v) is 3.78. The molecule has 0 spiro atoms. The van der Waals surface area contributed by atoms with Gasteiger partial charge in [0.2, 0.25) is 10.0 Å². The van der Waals surface area contributed by atoms with Gasteiger partial charge in [-0.1, -0.05) is 0 Å². The molecule has 16 heavy (non-hydrogen) atoms. The normalized spacial score (nSPS) is 18.8. The first-order chi connectivity index (χ1) is 7.34. The molecule has 0 amide bonds. The maximum Gasteiger partial charge on any atom is 0.246 e. The Morgan fingerprint density at radius 3 is 2.31 bits per heavy atom. The van der Waals surface area contributed by atoms with Gasteiger partial charge in [0.05, 0.1) is 17.5 Å². The van der Waals surface area contributed by atoms with Crippen LogP contribution in [-0.2, 0) is 17.1 Å². The minimum atomic E-state index is -3.49. The highest BCUT2D eigenvalue weighted by atomic mass is 32.2. The van der Waals surface area contributed by atoms with Crippen LogP contribution in [0.4, 0.5) is 0 Å². The van der Waals surface area contributed by atoms with E-state index in [0.717, 1.165) is 0 Å². The lowest BCUT2D eigenvalue weighted by atomic mass is 10.2. The molecule has 0 aromatic carbocycles. The molecule has 6 nitrogen and oxygen atoms in total. The molecule has 0 saturated carbocycles. The van der Waals surface area contributed by atoms with Crippen molar-refractivity contribution in [1.82, 2.24) is 14.1 Å². The summed E-state index contributed by atoms with van der Waals surface area (Å²) in [5, 5.41) is 13.2. The van der Waals surface area contributed by atoms with Crippen LogP contribution in [0.25, 0.3) is 0 Å². The lowest BCUT2D eigenvalue weighted by molar-refractivity contribution is 0.0547. The summed E-state index contributed by atoms with van der Waals surface area (Å²) in [6.45, 7) is 3.76. The van der Waals surface area contributed by atoms with Crippen molar-refractivity contribution in [2.45, 2.75) is 24.8 Å². The second-order valence-electron chi connectivity index (χ2n) is 4.10. The number of aliphatic hydroxyl groups excluding tert-OH is 1. The van der Waals surface area contributed by atoms with E-state index in [1.165, 1.54) is 4.31 Å². The third-order valence-electron chi connectivity index (χ3n) is 2.87. The molecule has 1 aromatic heterocycles. The average Bonchev–Trinajstić information content (AvgIpc) is 2.36. The predicted molar refractivity (Wildman–Crippen MR) is 57.4 cm³/mol. The smallest absolute Gasteiger partial charge is 0.246 e. The molecule has 7 heteroatoms. The Morgan fingerprint density at radius 2 is 1.94 bits per heavy atom. The molecule has 1 aromatic rings. The molecule has 0 unspecified atom stereocenters. The zero-order chi connectivity index (χ0) is 12.1. The maximum absolute atomic E-state index is 12.2. The number of hydrogen-bond donors (Lipinski definition) is 1. The Morgan fingerprint density at radius 1 is 1.38 bits per heavy atom. The largest absolute Gasteiger partial charge is 0.390 e. The first kappa shape index (κ1) is 11.6. The molecule has 1 aliphatic heterocycles. The third kappa shape index (κ3) is 1.55. The van der Waals surface area contributed by atoms with Gasteiger partial charge in [-0.15, -0.1) is 0 Å². The minimum absolute atomic E-state index is 0.177. The number of aromatic nitrogens is 2. The van der Waals surface area contributed by atoms with Crippen molar-refractivity contribution >= 4 is 10.0 Å². The van der Waals surface area contributed by atoms with Crippen LogP contribution in [0.3, 0.4) is 0 Å². The van der Waals surface area contributed by atoms with Gasteiger partial charge in [-0.3, -0.25) is 4.68 Å². The fourth-order valence-electron chi connectivity index (χ4n) is 1.87. The van der Waals surface area contributed by atoms with E-state index >= 15 is 0 Å². The Kier molecular flexibility index (Phi) is 2.56. The van der Waals surface area contributed by atoms with Crippen LogP contribution in [0.5, 0.6) is 0 Å². The number of aryl methyl sites for hydroxylation is 2. The van der Waals surface area contributed by atoms with Gasteiger partial charge in [0.25, 0.3) is 0 Å². The summed E-state index contributed by atoms with van der Waals surface area (Å²) in [5.41, 5.74) is 1.13. The van der Waals surface area contributed by atoms with Gasteiger partial charge in [0, 0.05) is 20.1 Å². The van der Waals surface area contributed by atoms with E-state index in [0.29, 0.717) is 11.4 Å². The predicted octanol–water partition coefficient (Wildman–Crippen LogP) is -0.598. The van der Waals surface area contributed by atoms with Crippen molar-refractivity contribution in [3.05, 3.63) is 11.4 Å². The second kappa shape index (κ2) is 3.54. The molecular formula is C9H15N3O3S. The van der Waals surface area contributed by atoms with Gasteiger partial charge in [0.1, 0.15) is 4.90 Å². The van der Waals surface area contributed by atoms with Crippen molar-refractivity contribution in [2.75, 3.05) is 13.1 Å².